The SMILES string of the molecule is CCOC(=O)C(C#N)Cc1c(Br)c(C)nn1CC. The molecule has 0 spiro atoms. The summed E-state index contributed by atoms with van der Waals surface area (Å²) in [4.78, 5) is 11.6. The average Bonchev–Trinajstić information content (AvgIpc) is 2.62. The number of nitrogens with zero attached hydrogens (tertiary/aromatic N) is 3. The van der Waals surface area contributed by atoms with Gasteiger partial charge >= 0.3 is 5.97 Å². The molecule has 98 valence electrons. The zero-order chi connectivity index (χ0) is 13.7. The molecule has 18 heavy (non-hydrogen) atoms. The number of aromatic nitrogens is 2. The molecule has 0 saturated heterocycles. The summed E-state index contributed by atoms with van der Waals surface area (Å²) in [5, 5.41) is 13.4. The Morgan fingerprint density at radius 1 is 1.61 bits per heavy atom. The van der Waals surface area contributed by atoms with Crippen LogP contribution >= 0.6 is 15.9 Å². The van der Waals surface area contributed by atoms with Crippen LogP contribution in [0.3, 0.4) is 0 Å². The summed E-state index contributed by atoms with van der Waals surface area (Å²) >= 11 is 3.44. The van der Waals surface area contributed by atoms with Crippen molar-refractivity contribution in [2.45, 2.75) is 33.7 Å². The van der Waals surface area contributed by atoms with Crippen molar-refractivity contribution >= 4 is 21.9 Å². The van der Waals surface area contributed by atoms with E-state index in [4.69, 9.17) is 10.00 Å². The molecule has 0 aliphatic heterocycles. The maximum Gasteiger partial charge on any atom is 0.323 e. The molecule has 0 saturated carbocycles. The lowest BCUT2D eigenvalue weighted by Crippen LogP contribution is -2.20. The third-order valence-corrected chi connectivity index (χ3v) is 3.61. The minimum Gasteiger partial charge on any atom is -0.465 e. The number of hydrogen-bond acceptors (Lipinski definition) is 4. The van der Waals surface area contributed by atoms with Gasteiger partial charge in [-0.1, -0.05) is 0 Å². The zero-order valence-corrected chi connectivity index (χ0v) is 12.3. The molecule has 0 N–H and O–H groups in total. The molecule has 1 rings (SSSR count). The van der Waals surface area contributed by atoms with Gasteiger partial charge < -0.3 is 4.74 Å². The van der Waals surface area contributed by atoms with Gasteiger partial charge in [-0.3, -0.25) is 9.48 Å². The number of esters is 1. The van der Waals surface area contributed by atoms with Crippen LogP contribution < -0.4 is 0 Å². The predicted molar refractivity (Wildman–Crippen MR) is 69.8 cm³/mol. The Balaban J connectivity index is 2.95. The first-order valence-corrected chi connectivity index (χ1v) is 6.62. The molecule has 5 nitrogen and oxygen atoms in total. The molecule has 6 heteroatoms. The maximum atomic E-state index is 11.6. The fourth-order valence-corrected chi connectivity index (χ4v) is 2.13. The second-order valence-corrected chi connectivity index (χ2v) is 4.59. The monoisotopic (exact) mass is 313 g/mol. The summed E-state index contributed by atoms with van der Waals surface area (Å²) in [6.45, 7) is 6.55. The number of nitriles is 1. The lowest BCUT2D eigenvalue weighted by Gasteiger charge is -2.10. The number of rotatable bonds is 5. The number of halogens is 1. The molecule has 0 radical (unpaired) electrons. The fraction of sp³-hybridized carbons (Fsp3) is 0.583. The van der Waals surface area contributed by atoms with Gasteiger partial charge in [0.15, 0.2) is 0 Å². The molecular formula is C12H16BrN3O2. The van der Waals surface area contributed by atoms with Gasteiger partial charge in [-0.25, -0.2) is 0 Å². The molecule has 1 unspecified atom stereocenters. The van der Waals surface area contributed by atoms with Crippen LogP contribution in [0, 0.1) is 24.2 Å². The highest BCUT2D eigenvalue weighted by molar-refractivity contribution is 9.10. The number of ether oxygens (including phenoxy) is 1. The standard InChI is InChI=1S/C12H16BrN3O2/c1-4-16-10(11(13)8(3)15-16)6-9(7-14)12(17)18-5-2/h9H,4-6H2,1-3H3. The highest BCUT2D eigenvalue weighted by atomic mass is 79.9. The Morgan fingerprint density at radius 3 is 2.78 bits per heavy atom. The Bertz CT molecular complexity index is 476. The highest BCUT2D eigenvalue weighted by Crippen LogP contribution is 2.24. The first-order valence-electron chi connectivity index (χ1n) is 5.83. The average molecular weight is 314 g/mol. The number of hydrogen-bond donors (Lipinski definition) is 0. The van der Waals surface area contributed by atoms with Gasteiger partial charge in [0.1, 0.15) is 5.92 Å². The highest BCUT2D eigenvalue weighted by Gasteiger charge is 2.24. The van der Waals surface area contributed by atoms with E-state index in [2.05, 4.69) is 21.0 Å². The molecule has 0 amide bonds. The van der Waals surface area contributed by atoms with E-state index >= 15 is 0 Å². The van der Waals surface area contributed by atoms with E-state index in [0.29, 0.717) is 13.0 Å². The van der Waals surface area contributed by atoms with Crippen LogP contribution in [0.2, 0.25) is 0 Å². The molecule has 1 heterocycles. The third-order valence-electron chi connectivity index (χ3n) is 2.58. The van der Waals surface area contributed by atoms with E-state index in [1.807, 2.05) is 19.9 Å². The van der Waals surface area contributed by atoms with Crippen molar-refractivity contribution in [3.63, 3.8) is 0 Å². The summed E-state index contributed by atoms with van der Waals surface area (Å²) in [5.41, 5.74) is 1.71. The Kier molecular flexibility index (Phi) is 5.35. The molecule has 0 aliphatic rings. The van der Waals surface area contributed by atoms with E-state index < -0.39 is 11.9 Å². The van der Waals surface area contributed by atoms with E-state index in [0.717, 1.165) is 15.9 Å². The van der Waals surface area contributed by atoms with Crippen LogP contribution in [0.15, 0.2) is 4.47 Å². The molecule has 0 bridgehead atoms. The molecule has 1 aromatic rings. The van der Waals surface area contributed by atoms with Crippen LogP contribution in [0.1, 0.15) is 25.2 Å². The fourth-order valence-electron chi connectivity index (χ4n) is 1.68. The van der Waals surface area contributed by atoms with E-state index in [1.54, 1.807) is 11.6 Å². The Labute approximate surface area is 115 Å². The van der Waals surface area contributed by atoms with Crippen molar-refractivity contribution in [3.8, 4) is 6.07 Å². The van der Waals surface area contributed by atoms with Crippen molar-refractivity contribution < 1.29 is 9.53 Å². The van der Waals surface area contributed by atoms with Crippen LogP contribution in [-0.2, 0) is 22.5 Å². The number of aryl methyl sites for hydroxylation is 2. The van der Waals surface area contributed by atoms with Crippen molar-refractivity contribution in [2.75, 3.05) is 6.61 Å². The van der Waals surface area contributed by atoms with Crippen LogP contribution in [0.25, 0.3) is 0 Å². The van der Waals surface area contributed by atoms with Gasteiger partial charge in [0.05, 0.1) is 28.5 Å². The molecule has 0 aromatic carbocycles. The van der Waals surface area contributed by atoms with E-state index in [9.17, 15) is 4.79 Å². The summed E-state index contributed by atoms with van der Waals surface area (Å²) in [5.74, 6) is -1.27. The molecule has 1 atom stereocenters. The molecule has 0 aliphatic carbocycles. The smallest absolute Gasteiger partial charge is 0.323 e. The first-order chi connectivity index (χ1) is 8.54. The summed E-state index contributed by atoms with van der Waals surface area (Å²) < 4.78 is 7.53. The predicted octanol–water partition coefficient (Wildman–Crippen LogP) is 2.22. The molecule has 1 aromatic heterocycles. The summed E-state index contributed by atoms with van der Waals surface area (Å²) in [6, 6.07) is 1.99. The Hall–Kier alpha value is -1.35. The summed E-state index contributed by atoms with van der Waals surface area (Å²) in [7, 11) is 0. The lowest BCUT2D eigenvalue weighted by molar-refractivity contribution is -0.146. The van der Waals surface area contributed by atoms with Gasteiger partial charge in [-0.2, -0.15) is 10.4 Å². The molecule has 0 fully saturated rings. The topological polar surface area (TPSA) is 67.9 Å². The van der Waals surface area contributed by atoms with Crippen molar-refractivity contribution in [1.29, 1.82) is 5.26 Å². The third kappa shape index (κ3) is 3.10. The second-order valence-electron chi connectivity index (χ2n) is 3.80. The van der Waals surface area contributed by atoms with Crippen molar-refractivity contribution in [3.05, 3.63) is 15.9 Å². The summed E-state index contributed by atoms with van der Waals surface area (Å²) in [6.07, 6.45) is 0.310. The largest absolute Gasteiger partial charge is 0.465 e. The maximum absolute atomic E-state index is 11.6. The van der Waals surface area contributed by atoms with Crippen LogP contribution in [0.5, 0.6) is 0 Å². The normalized spacial score (nSPS) is 11.9. The van der Waals surface area contributed by atoms with Gasteiger partial charge in [0, 0.05) is 13.0 Å². The zero-order valence-electron chi connectivity index (χ0n) is 10.7. The van der Waals surface area contributed by atoms with Gasteiger partial charge in [-0.05, 0) is 36.7 Å². The quantitative estimate of drug-likeness (QED) is 0.782. The van der Waals surface area contributed by atoms with E-state index in [-0.39, 0.29) is 6.61 Å². The van der Waals surface area contributed by atoms with Gasteiger partial charge in [-0.15, -0.1) is 0 Å². The number of carbonyl (C=O) groups is 1. The number of carbonyl (C=O) groups excluding carboxylic acids is 1. The van der Waals surface area contributed by atoms with Crippen molar-refractivity contribution in [2.24, 2.45) is 5.92 Å². The van der Waals surface area contributed by atoms with Gasteiger partial charge in [0.25, 0.3) is 0 Å². The lowest BCUT2D eigenvalue weighted by atomic mass is 10.1. The minimum atomic E-state index is -0.789. The van der Waals surface area contributed by atoms with Crippen molar-refractivity contribution in [1.82, 2.24) is 9.78 Å². The van der Waals surface area contributed by atoms with Gasteiger partial charge in [0.2, 0.25) is 0 Å². The molecular weight excluding hydrogens is 298 g/mol. The Morgan fingerprint density at radius 2 is 2.28 bits per heavy atom. The van der Waals surface area contributed by atoms with E-state index in [1.165, 1.54) is 0 Å². The first kappa shape index (κ1) is 14.7. The van der Waals surface area contributed by atoms with Crippen LogP contribution in [0.4, 0.5) is 0 Å². The van der Waals surface area contributed by atoms with Crippen LogP contribution in [-0.4, -0.2) is 22.4 Å². The minimum absolute atomic E-state index is 0.282. The second kappa shape index (κ2) is 6.55.